The second-order valence-electron chi connectivity index (χ2n) is 5.03. The Labute approximate surface area is 123 Å². The van der Waals surface area contributed by atoms with Gasteiger partial charge < -0.3 is 5.32 Å². The van der Waals surface area contributed by atoms with Crippen LogP contribution in [0.25, 0.3) is 10.8 Å². The van der Waals surface area contributed by atoms with Gasteiger partial charge in [-0.2, -0.15) is 0 Å². The molecule has 2 aromatic carbocycles. The third-order valence-corrected chi connectivity index (χ3v) is 3.63. The summed E-state index contributed by atoms with van der Waals surface area (Å²) in [4.78, 5) is 4.19. The average molecular weight is 280 g/mol. The van der Waals surface area contributed by atoms with Crippen molar-refractivity contribution in [2.24, 2.45) is 0 Å². The summed E-state index contributed by atoms with van der Waals surface area (Å²) in [5.74, 6) is -0.307. The first kappa shape index (κ1) is 13.6. The van der Waals surface area contributed by atoms with Crippen LogP contribution in [0.2, 0.25) is 0 Å². The number of halogens is 1. The van der Waals surface area contributed by atoms with Gasteiger partial charge in [-0.05, 0) is 30.0 Å². The molecular weight excluding hydrogens is 263 g/mol. The van der Waals surface area contributed by atoms with Gasteiger partial charge in [0, 0.05) is 11.1 Å². The molecule has 3 heteroatoms. The van der Waals surface area contributed by atoms with E-state index in [1.54, 1.807) is 6.07 Å². The van der Waals surface area contributed by atoms with Crippen molar-refractivity contribution in [3.63, 3.8) is 0 Å². The molecule has 0 aliphatic rings. The maximum absolute atomic E-state index is 13.0. The molecule has 0 radical (unpaired) electrons. The van der Waals surface area contributed by atoms with E-state index >= 15 is 0 Å². The van der Waals surface area contributed by atoms with Gasteiger partial charge in [0.15, 0.2) is 0 Å². The van der Waals surface area contributed by atoms with Gasteiger partial charge in [0.1, 0.15) is 5.82 Å². The predicted molar refractivity (Wildman–Crippen MR) is 84.8 cm³/mol. The second kappa shape index (κ2) is 5.92. The molecule has 1 heterocycles. The third-order valence-electron chi connectivity index (χ3n) is 3.63. The summed E-state index contributed by atoms with van der Waals surface area (Å²) >= 11 is 0. The van der Waals surface area contributed by atoms with Crippen LogP contribution in [0, 0.1) is 5.82 Å². The third kappa shape index (κ3) is 2.87. The Hall–Kier alpha value is -2.42. The van der Waals surface area contributed by atoms with Gasteiger partial charge in [0.2, 0.25) is 0 Å². The fraction of sp³-hybridized carbons (Fsp3) is 0.167. The molecule has 0 spiro atoms. The molecule has 3 rings (SSSR count). The number of nitrogens with one attached hydrogen (secondary N) is 1. The van der Waals surface area contributed by atoms with E-state index < -0.39 is 0 Å². The van der Waals surface area contributed by atoms with Crippen LogP contribution in [0.3, 0.4) is 0 Å². The van der Waals surface area contributed by atoms with Crippen LogP contribution in [-0.4, -0.2) is 4.98 Å². The molecule has 0 saturated carbocycles. The van der Waals surface area contributed by atoms with Crippen molar-refractivity contribution in [1.82, 2.24) is 4.98 Å². The predicted octanol–water partition coefficient (Wildman–Crippen LogP) is 4.94. The zero-order chi connectivity index (χ0) is 14.7. The Balaban J connectivity index is 1.94. The Morgan fingerprint density at radius 3 is 2.62 bits per heavy atom. The van der Waals surface area contributed by atoms with Crippen molar-refractivity contribution in [3.05, 3.63) is 72.3 Å². The Bertz CT molecular complexity index is 732. The maximum Gasteiger partial charge on any atom is 0.141 e. The van der Waals surface area contributed by atoms with Gasteiger partial charge in [-0.1, -0.05) is 43.3 Å². The van der Waals surface area contributed by atoms with Gasteiger partial charge in [0.25, 0.3) is 0 Å². The number of anilines is 1. The van der Waals surface area contributed by atoms with Crippen LogP contribution in [-0.2, 0) is 0 Å². The zero-order valence-corrected chi connectivity index (χ0v) is 11.9. The lowest BCUT2D eigenvalue weighted by Gasteiger charge is -2.19. The standard InChI is InChI=1S/C18H17FN2/c1-2-16(18-11-10-14(19)12-20-18)21-17-9-5-7-13-6-3-4-8-15(13)17/h3-12,16,21H,2H2,1H3. The van der Waals surface area contributed by atoms with Crippen molar-refractivity contribution in [1.29, 1.82) is 0 Å². The smallest absolute Gasteiger partial charge is 0.141 e. The van der Waals surface area contributed by atoms with Gasteiger partial charge in [-0.25, -0.2) is 4.39 Å². The first-order chi connectivity index (χ1) is 10.3. The summed E-state index contributed by atoms with van der Waals surface area (Å²) in [7, 11) is 0. The number of benzene rings is 2. The van der Waals surface area contributed by atoms with E-state index in [0.29, 0.717) is 0 Å². The van der Waals surface area contributed by atoms with Crippen molar-refractivity contribution in [2.45, 2.75) is 19.4 Å². The van der Waals surface area contributed by atoms with Crippen LogP contribution >= 0.6 is 0 Å². The van der Waals surface area contributed by atoms with Crippen molar-refractivity contribution < 1.29 is 4.39 Å². The van der Waals surface area contributed by atoms with Crippen molar-refractivity contribution >= 4 is 16.5 Å². The SMILES string of the molecule is CCC(Nc1cccc2ccccc12)c1ccc(F)cn1. The number of nitrogens with zero attached hydrogens (tertiary/aromatic N) is 1. The Morgan fingerprint density at radius 2 is 1.86 bits per heavy atom. The highest BCUT2D eigenvalue weighted by Gasteiger charge is 2.12. The number of aromatic nitrogens is 1. The summed E-state index contributed by atoms with van der Waals surface area (Å²) in [6.07, 6.45) is 2.14. The molecule has 0 saturated heterocycles. The highest BCUT2D eigenvalue weighted by atomic mass is 19.1. The second-order valence-corrected chi connectivity index (χ2v) is 5.03. The van der Waals surface area contributed by atoms with E-state index in [9.17, 15) is 4.39 Å². The van der Waals surface area contributed by atoms with E-state index in [-0.39, 0.29) is 11.9 Å². The molecule has 0 aliphatic heterocycles. The monoisotopic (exact) mass is 280 g/mol. The lowest BCUT2D eigenvalue weighted by Crippen LogP contribution is -2.11. The largest absolute Gasteiger partial charge is 0.376 e. The molecule has 2 nitrogen and oxygen atoms in total. The summed E-state index contributed by atoms with van der Waals surface area (Å²) in [6, 6.07) is 17.7. The topological polar surface area (TPSA) is 24.9 Å². The van der Waals surface area contributed by atoms with Crippen LogP contribution in [0.1, 0.15) is 25.1 Å². The normalized spacial score (nSPS) is 12.3. The molecule has 1 N–H and O–H groups in total. The van der Waals surface area contributed by atoms with Gasteiger partial charge >= 0.3 is 0 Å². The molecule has 0 bridgehead atoms. The van der Waals surface area contributed by atoms with Crippen LogP contribution in [0.4, 0.5) is 10.1 Å². The van der Waals surface area contributed by atoms with E-state index in [0.717, 1.165) is 17.8 Å². The minimum absolute atomic E-state index is 0.0661. The molecule has 3 aromatic rings. The summed E-state index contributed by atoms with van der Waals surface area (Å²) in [6.45, 7) is 2.09. The molecule has 1 unspecified atom stereocenters. The highest BCUT2D eigenvalue weighted by molar-refractivity contribution is 5.93. The zero-order valence-electron chi connectivity index (χ0n) is 11.9. The molecule has 106 valence electrons. The quantitative estimate of drug-likeness (QED) is 0.732. The van der Waals surface area contributed by atoms with Crippen LogP contribution < -0.4 is 5.32 Å². The molecule has 1 aromatic heterocycles. The number of hydrogen-bond acceptors (Lipinski definition) is 2. The fourth-order valence-corrected chi connectivity index (χ4v) is 2.52. The number of hydrogen-bond donors (Lipinski definition) is 1. The molecule has 0 aliphatic carbocycles. The summed E-state index contributed by atoms with van der Waals surface area (Å²) in [5, 5.41) is 5.90. The highest BCUT2D eigenvalue weighted by Crippen LogP contribution is 2.27. The molecular formula is C18H17FN2. The van der Waals surface area contributed by atoms with E-state index in [1.807, 2.05) is 18.2 Å². The van der Waals surface area contributed by atoms with Gasteiger partial charge in [0.05, 0.1) is 17.9 Å². The van der Waals surface area contributed by atoms with Crippen LogP contribution in [0.15, 0.2) is 60.8 Å². The Morgan fingerprint density at radius 1 is 1.05 bits per heavy atom. The van der Waals surface area contributed by atoms with Crippen molar-refractivity contribution in [3.8, 4) is 0 Å². The number of fused-ring (bicyclic) bond motifs is 1. The number of pyridine rings is 1. The molecule has 21 heavy (non-hydrogen) atoms. The first-order valence-corrected chi connectivity index (χ1v) is 7.13. The van der Waals surface area contributed by atoms with Crippen molar-refractivity contribution in [2.75, 3.05) is 5.32 Å². The molecule has 0 amide bonds. The van der Waals surface area contributed by atoms with E-state index in [4.69, 9.17) is 0 Å². The number of rotatable bonds is 4. The summed E-state index contributed by atoms with van der Waals surface area (Å²) < 4.78 is 13.0. The van der Waals surface area contributed by atoms with E-state index in [2.05, 4.69) is 41.5 Å². The summed E-state index contributed by atoms with van der Waals surface area (Å²) in [5.41, 5.74) is 1.93. The lowest BCUT2D eigenvalue weighted by molar-refractivity contribution is 0.614. The van der Waals surface area contributed by atoms with Crippen LogP contribution in [0.5, 0.6) is 0 Å². The van der Waals surface area contributed by atoms with E-state index in [1.165, 1.54) is 23.0 Å². The Kier molecular flexibility index (Phi) is 3.82. The molecule has 0 fully saturated rings. The average Bonchev–Trinajstić information content (AvgIpc) is 2.54. The molecule has 1 atom stereocenters. The van der Waals surface area contributed by atoms with Gasteiger partial charge in [-0.3, -0.25) is 4.98 Å². The fourth-order valence-electron chi connectivity index (χ4n) is 2.52. The van der Waals surface area contributed by atoms with Gasteiger partial charge in [-0.15, -0.1) is 0 Å². The minimum atomic E-state index is -0.307. The minimum Gasteiger partial charge on any atom is -0.376 e. The maximum atomic E-state index is 13.0. The first-order valence-electron chi connectivity index (χ1n) is 7.13. The lowest BCUT2D eigenvalue weighted by atomic mass is 10.1.